The SMILES string of the molecule is Cc1cnc(N2CC(O)C(O)C2)cc1[N+](=O)[O-]. The largest absolute Gasteiger partial charge is 0.389 e. The Labute approximate surface area is 97.5 Å². The van der Waals surface area contributed by atoms with Gasteiger partial charge in [0.25, 0.3) is 5.69 Å². The number of aliphatic hydroxyl groups excluding tert-OH is 2. The van der Waals surface area contributed by atoms with Crippen molar-refractivity contribution >= 4 is 11.5 Å². The van der Waals surface area contributed by atoms with Gasteiger partial charge in [-0.1, -0.05) is 0 Å². The molecule has 0 aliphatic carbocycles. The van der Waals surface area contributed by atoms with Crippen LogP contribution in [0, 0.1) is 17.0 Å². The second-order valence-corrected chi connectivity index (χ2v) is 4.13. The van der Waals surface area contributed by atoms with E-state index < -0.39 is 17.1 Å². The predicted octanol–water partition coefficient (Wildman–Crippen LogP) is -0.160. The molecule has 17 heavy (non-hydrogen) atoms. The van der Waals surface area contributed by atoms with E-state index in [9.17, 15) is 20.3 Å². The van der Waals surface area contributed by atoms with Crippen molar-refractivity contribution in [2.75, 3.05) is 18.0 Å². The van der Waals surface area contributed by atoms with Gasteiger partial charge in [0, 0.05) is 24.8 Å². The molecule has 0 spiro atoms. The van der Waals surface area contributed by atoms with Crippen LogP contribution in [0.2, 0.25) is 0 Å². The van der Waals surface area contributed by atoms with Gasteiger partial charge in [-0.3, -0.25) is 10.1 Å². The summed E-state index contributed by atoms with van der Waals surface area (Å²) in [5, 5.41) is 29.6. The van der Waals surface area contributed by atoms with Gasteiger partial charge in [0.1, 0.15) is 5.82 Å². The second kappa shape index (κ2) is 4.27. The molecule has 0 radical (unpaired) electrons. The Hall–Kier alpha value is -1.73. The zero-order valence-corrected chi connectivity index (χ0v) is 9.28. The third kappa shape index (κ3) is 2.20. The van der Waals surface area contributed by atoms with Crippen molar-refractivity contribution in [1.29, 1.82) is 0 Å². The summed E-state index contributed by atoms with van der Waals surface area (Å²) in [5.41, 5.74) is 0.477. The van der Waals surface area contributed by atoms with E-state index in [1.807, 2.05) is 0 Å². The first-order chi connectivity index (χ1) is 7.99. The summed E-state index contributed by atoms with van der Waals surface area (Å²) in [4.78, 5) is 16.0. The van der Waals surface area contributed by atoms with Gasteiger partial charge in [0.2, 0.25) is 0 Å². The van der Waals surface area contributed by atoms with Crippen LogP contribution in [0.3, 0.4) is 0 Å². The maximum Gasteiger partial charge on any atom is 0.277 e. The highest BCUT2D eigenvalue weighted by Crippen LogP contribution is 2.25. The average molecular weight is 239 g/mol. The van der Waals surface area contributed by atoms with Crippen LogP contribution in [0.15, 0.2) is 12.3 Å². The van der Waals surface area contributed by atoms with Crippen molar-refractivity contribution in [2.45, 2.75) is 19.1 Å². The third-order valence-electron chi connectivity index (χ3n) is 2.84. The number of anilines is 1. The first kappa shape index (κ1) is 11.7. The molecule has 92 valence electrons. The van der Waals surface area contributed by atoms with Gasteiger partial charge in [0.05, 0.1) is 23.2 Å². The third-order valence-corrected chi connectivity index (χ3v) is 2.84. The van der Waals surface area contributed by atoms with Crippen LogP contribution in [-0.2, 0) is 0 Å². The maximum atomic E-state index is 10.8. The van der Waals surface area contributed by atoms with Gasteiger partial charge in [-0.05, 0) is 6.92 Å². The van der Waals surface area contributed by atoms with Crippen LogP contribution in [0.5, 0.6) is 0 Å². The number of aromatic nitrogens is 1. The number of nitrogens with zero attached hydrogens (tertiary/aromatic N) is 3. The van der Waals surface area contributed by atoms with Crippen LogP contribution in [0.1, 0.15) is 5.56 Å². The molecule has 0 aromatic carbocycles. The first-order valence-electron chi connectivity index (χ1n) is 5.21. The molecule has 2 rings (SSSR count). The fourth-order valence-corrected chi connectivity index (χ4v) is 1.83. The normalized spacial score (nSPS) is 24.1. The molecule has 7 heteroatoms. The van der Waals surface area contributed by atoms with Crippen LogP contribution in [-0.4, -0.2) is 45.4 Å². The Balaban J connectivity index is 2.28. The van der Waals surface area contributed by atoms with Gasteiger partial charge in [-0.2, -0.15) is 0 Å². The Morgan fingerprint density at radius 2 is 2.06 bits per heavy atom. The number of aliphatic hydroxyl groups is 2. The fraction of sp³-hybridized carbons (Fsp3) is 0.500. The smallest absolute Gasteiger partial charge is 0.277 e. The lowest BCUT2D eigenvalue weighted by atomic mass is 10.2. The second-order valence-electron chi connectivity index (χ2n) is 4.13. The Kier molecular flexibility index (Phi) is 2.95. The van der Waals surface area contributed by atoms with Crippen molar-refractivity contribution in [3.8, 4) is 0 Å². The number of pyridine rings is 1. The quantitative estimate of drug-likeness (QED) is 0.549. The summed E-state index contributed by atoms with van der Waals surface area (Å²) in [6, 6.07) is 1.36. The molecular formula is C10H13N3O4. The Morgan fingerprint density at radius 1 is 1.47 bits per heavy atom. The van der Waals surface area contributed by atoms with E-state index in [0.29, 0.717) is 11.4 Å². The molecular weight excluding hydrogens is 226 g/mol. The summed E-state index contributed by atoms with van der Waals surface area (Å²) < 4.78 is 0. The molecule has 1 fully saturated rings. The van der Waals surface area contributed by atoms with E-state index in [1.165, 1.54) is 12.3 Å². The molecule has 0 saturated carbocycles. The highest BCUT2D eigenvalue weighted by molar-refractivity contribution is 5.51. The lowest BCUT2D eigenvalue weighted by molar-refractivity contribution is -0.385. The van der Waals surface area contributed by atoms with Gasteiger partial charge < -0.3 is 15.1 Å². The Morgan fingerprint density at radius 3 is 2.59 bits per heavy atom. The molecule has 2 N–H and O–H groups in total. The van der Waals surface area contributed by atoms with Crippen LogP contribution < -0.4 is 4.90 Å². The molecule has 1 aromatic rings. The van der Waals surface area contributed by atoms with Crippen molar-refractivity contribution in [3.63, 3.8) is 0 Å². The van der Waals surface area contributed by atoms with Crippen LogP contribution in [0.25, 0.3) is 0 Å². The lowest BCUT2D eigenvalue weighted by Crippen LogP contribution is -2.22. The van der Waals surface area contributed by atoms with E-state index in [1.54, 1.807) is 11.8 Å². The van der Waals surface area contributed by atoms with E-state index in [4.69, 9.17) is 0 Å². The molecule has 1 aromatic heterocycles. The van der Waals surface area contributed by atoms with Crippen molar-refractivity contribution in [2.24, 2.45) is 0 Å². The van der Waals surface area contributed by atoms with E-state index in [-0.39, 0.29) is 18.8 Å². The molecule has 1 aliphatic heterocycles. The molecule has 1 saturated heterocycles. The van der Waals surface area contributed by atoms with E-state index >= 15 is 0 Å². The van der Waals surface area contributed by atoms with Gasteiger partial charge in [0.15, 0.2) is 0 Å². The Bertz CT molecular complexity index is 441. The van der Waals surface area contributed by atoms with E-state index in [2.05, 4.69) is 4.98 Å². The van der Waals surface area contributed by atoms with Gasteiger partial charge in [-0.15, -0.1) is 0 Å². The monoisotopic (exact) mass is 239 g/mol. The molecule has 0 bridgehead atoms. The minimum Gasteiger partial charge on any atom is -0.389 e. The topological polar surface area (TPSA) is 99.7 Å². The molecule has 2 heterocycles. The molecule has 0 amide bonds. The van der Waals surface area contributed by atoms with Crippen molar-refractivity contribution in [1.82, 2.24) is 4.98 Å². The van der Waals surface area contributed by atoms with Crippen molar-refractivity contribution < 1.29 is 15.1 Å². The zero-order valence-electron chi connectivity index (χ0n) is 9.28. The summed E-state index contributed by atoms with van der Waals surface area (Å²) in [5.74, 6) is 0.401. The van der Waals surface area contributed by atoms with Crippen LogP contribution in [0.4, 0.5) is 11.5 Å². The number of nitro groups is 1. The molecule has 2 unspecified atom stereocenters. The summed E-state index contributed by atoms with van der Waals surface area (Å²) in [7, 11) is 0. The zero-order chi connectivity index (χ0) is 12.6. The van der Waals surface area contributed by atoms with Crippen LogP contribution >= 0.6 is 0 Å². The van der Waals surface area contributed by atoms with Gasteiger partial charge >= 0.3 is 0 Å². The fourth-order valence-electron chi connectivity index (χ4n) is 1.83. The summed E-state index contributed by atoms with van der Waals surface area (Å²) in [6.07, 6.45) is -0.251. The van der Waals surface area contributed by atoms with Crippen molar-refractivity contribution in [3.05, 3.63) is 27.9 Å². The summed E-state index contributed by atoms with van der Waals surface area (Å²) >= 11 is 0. The number of hydrogen-bond acceptors (Lipinski definition) is 6. The highest BCUT2D eigenvalue weighted by Gasteiger charge is 2.31. The molecule has 7 nitrogen and oxygen atoms in total. The molecule has 1 aliphatic rings. The maximum absolute atomic E-state index is 10.8. The number of hydrogen-bond donors (Lipinski definition) is 2. The average Bonchev–Trinajstić information content (AvgIpc) is 2.59. The minimum absolute atomic E-state index is 0.00844. The standard InChI is InChI=1S/C10H13N3O4/c1-6-3-11-10(2-7(6)13(16)17)12-4-8(14)9(15)5-12/h2-3,8-9,14-15H,4-5H2,1H3. The number of aryl methyl sites for hydroxylation is 1. The predicted molar refractivity (Wildman–Crippen MR) is 59.9 cm³/mol. The summed E-state index contributed by atoms with van der Waals surface area (Å²) in [6.45, 7) is 2.07. The number of β-amino-alcohol motifs (C(OH)–C–C–N with tert-alkyl or cyclic N) is 2. The lowest BCUT2D eigenvalue weighted by Gasteiger charge is -2.16. The minimum atomic E-state index is -0.836. The first-order valence-corrected chi connectivity index (χ1v) is 5.21. The highest BCUT2D eigenvalue weighted by atomic mass is 16.6. The molecule has 2 atom stereocenters. The number of rotatable bonds is 2. The van der Waals surface area contributed by atoms with Gasteiger partial charge in [-0.25, -0.2) is 4.98 Å². The van der Waals surface area contributed by atoms with E-state index in [0.717, 1.165) is 0 Å².